The zero-order chi connectivity index (χ0) is 18.3. The van der Waals surface area contributed by atoms with E-state index in [0.29, 0.717) is 28.5 Å². The number of aromatic nitrogens is 4. The topological polar surface area (TPSA) is 108 Å². The molecule has 128 valence electrons. The second-order valence-electron chi connectivity index (χ2n) is 6.00. The first-order valence-electron chi connectivity index (χ1n) is 8.00. The van der Waals surface area contributed by atoms with Crippen LogP contribution in [0.5, 0.6) is 0 Å². The van der Waals surface area contributed by atoms with Gasteiger partial charge in [-0.3, -0.25) is 0 Å². The molecule has 2 aromatic heterocycles. The fourth-order valence-electron chi connectivity index (χ4n) is 2.91. The van der Waals surface area contributed by atoms with E-state index in [0.717, 1.165) is 22.1 Å². The Bertz CT molecular complexity index is 1180. The summed E-state index contributed by atoms with van der Waals surface area (Å²) in [6.07, 6.45) is 0. The van der Waals surface area contributed by atoms with Crippen LogP contribution in [0.2, 0.25) is 0 Å². The standard InChI is InChI=1S/C19H15N5O2/c1-10-15-7-6-14(20)9-16(15)26-19(25)17(10)12-4-3-5-13(8-12)18-23-21-11(2)22-24-18/h3-9H,20H2,1-2H3. The SMILES string of the molecule is Cc1nnc(-c2cccc(-c3c(C)c4ccc(N)cc4oc3=O)c2)nn1. The Hall–Kier alpha value is -3.61. The molecule has 0 saturated carbocycles. The van der Waals surface area contributed by atoms with E-state index in [4.69, 9.17) is 10.2 Å². The van der Waals surface area contributed by atoms with Crippen molar-refractivity contribution >= 4 is 16.7 Å². The number of fused-ring (bicyclic) bond motifs is 1. The number of aryl methyl sites for hydroxylation is 2. The molecular formula is C19H15N5O2. The van der Waals surface area contributed by atoms with Gasteiger partial charge in [0.1, 0.15) is 5.58 Å². The molecule has 2 heterocycles. The third-order valence-corrected chi connectivity index (χ3v) is 4.18. The molecule has 0 atom stereocenters. The average molecular weight is 345 g/mol. The van der Waals surface area contributed by atoms with E-state index in [9.17, 15) is 4.79 Å². The van der Waals surface area contributed by atoms with Crippen LogP contribution < -0.4 is 11.4 Å². The van der Waals surface area contributed by atoms with Crippen molar-refractivity contribution in [3.8, 4) is 22.5 Å². The molecule has 7 nitrogen and oxygen atoms in total. The van der Waals surface area contributed by atoms with Gasteiger partial charge < -0.3 is 10.2 Å². The maximum absolute atomic E-state index is 12.6. The fraction of sp³-hybridized carbons (Fsp3) is 0.105. The number of hydrogen-bond acceptors (Lipinski definition) is 7. The Kier molecular flexibility index (Phi) is 3.69. The second-order valence-corrected chi connectivity index (χ2v) is 6.00. The summed E-state index contributed by atoms with van der Waals surface area (Å²) in [5.41, 5.74) is 9.15. The maximum atomic E-state index is 12.6. The van der Waals surface area contributed by atoms with E-state index in [1.54, 1.807) is 19.1 Å². The van der Waals surface area contributed by atoms with E-state index in [2.05, 4.69) is 20.4 Å². The highest BCUT2D eigenvalue weighted by molar-refractivity contribution is 5.88. The molecule has 0 unspecified atom stereocenters. The summed E-state index contributed by atoms with van der Waals surface area (Å²) in [7, 11) is 0. The third-order valence-electron chi connectivity index (χ3n) is 4.18. The van der Waals surface area contributed by atoms with E-state index in [-0.39, 0.29) is 0 Å². The molecule has 0 amide bonds. The Balaban J connectivity index is 1.91. The summed E-state index contributed by atoms with van der Waals surface area (Å²) in [5, 5.41) is 16.8. The molecule has 0 aliphatic carbocycles. The van der Waals surface area contributed by atoms with Crippen molar-refractivity contribution < 1.29 is 4.42 Å². The highest BCUT2D eigenvalue weighted by Gasteiger charge is 2.15. The molecule has 0 radical (unpaired) electrons. The summed E-state index contributed by atoms with van der Waals surface area (Å²) >= 11 is 0. The highest BCUT2D eigenvalue weighted by Crippen LogP contribution is 2.29. The first-order chi connectivity index (χ1) is 12.5. The number of nitrogens with zero attached hydrogens (tertiary/aromatic N) is 4. The Morgan fingerprint density at radius 2 is 1.65 bits per heavy atom. The van der Waals surface area contributed by atoms with Crippen LogP contribution in [0.3, 0.4) is 0 Å². The van der Waals surface area contributed by atoms with Crippen molar-refractivity contribution in [2.24, 2.45) is 0 Å². The van der Waals surface area contributed by atoms with E-state index >= 15 is 0 Å². The van der Waals surface area contributed by atoms with Gasteiger partial charge in [-0.05, 0) is 43.2 Å². The van der Waals surface area contributed by atoms with Crippen LogP contribution in [0.1, 0.15) is 11.4 Å². The van der Waals surface area contributed by atoms with Gasteiger partial charge in [0.2, 0.25) is 5.82 Å². The lowest BCUT2D eigenvalue weighted by atomic mass is 9.98. The van der Waals surface area contributed by atoms with Crippen LogP contribution in [0.15, 0.2) is 51.7 Å². The molecule has 0 saturated heterocycles. The van der Waals surface area contributed by atoms with Crippen molar-refractivity contribution in [3.05, 3.63) is 64.3 Å². The van der Waals surface area contributed by atoms with Gasteiger partial charge in [0.25, 0.3) is 0 Å². The predicted octanol–water partition coefficient (Wildman–Crippen LogP) is 2.91. The highest BCUT2D eigenvalue weighted by atomic mass is 16.4. The molecule has 0 aliphatic heterocycles. The van der Waals surface area contributed by atoms with E-state index in [1.165, 1.54) is 0 Å². The molecule has 7 heteroatoms. The second kappa shape index (κ2) is 6.03. The van der Waals surface area contributed by atoms with Crippen molar-refractivity contribution in [1.29, 1.82) is 0 Å². The van der Waals surface area contributed by atoms with Crippen LogP contribution in [0, 0.1) is 13.8 Å². The molecule has 0 fully saturated rings. The van der Waals surface area contributed by atoms with E-state index in [1.807, 2.05) is 37.3 Å². The molecule has 0 spiro atoms. The summed E-state index contributed by atoms with van der Waals surface area (Å²) in [6, 6.07) is 12.6. The Labute approximate surface area is 148 Å². The number of anilines is 1. The molecule has 0 bridgehead atoms. The van der Waals surface area contributed by atoms with Gasteiger partial charge >= 0.3 is 5.63 Å². The molecule has 4 rings (SSSR count). The van der Waals surface area contributed by atoms with Gasteiger partial charge in [-0.2, -0.15) is 0 Å². The average Bonchev–Trinajstić information content (AvgIpc) is 2.62. The smallest absolute Gasteiger partial charge is 0.344 e. The van der Waals surface area contributed by atoms with Crippen LogP contribution in [-0.4, -0.2) is 20.4 Å². The van der Waals surface area contributed by atoms with E-state index < -0.39 is 5.63 Å². The van der Waals surface area contributed by atoms with Crippen molar-refractivity contribution in [2.75, 3.05) is 5.73 Å². The van der Waals surface area contributed by atoms with Gasteiger partial charge in [-0.15, -0.1) is 20.4 Å². The quantitative estimate of drug-likeness (QED) is 0.439. The lowest BCUT2D eigenvalue weighted by Crippen LogP contribution is -2.06. The number of rotatable bonds is 2. The zero-order valence-corrected chi connectivity index (χ0v) is 14.2. The number of nitrogen functional groups attached to an aromatic ring is 1. The number of nitrogens with two attached hydrogens (primary N) is 1. The van der Waals surface area contributed by atoms with Crippen molar-refractivity contribution in [3.63, 3.8) is 0 Å². The minimum Gasteiger partial charge on any atom is -0.422 e. The molecule has 26 heavy (non-hydrogen) atoms. The summed E-state index contributed by atoms with van der Waals surface area (Å²) in [4.78, 5) is 12.6. The first-order valence-corrected chi connectivity index (χ1v) is 8.00. The Morgan fingerprint density at radius 3 is 2.42 bits per heavy atom. The lowest BCUT2D eigenvalue weighted by molar-refractivity contribution is 0.562. The van der Waals surface area contributed by atoms with Gasteiger partial charge in [-0.25, -0.2) is 4.79 Å². The van der Waals surface area contributed by atoms with Crippen LogP contribution >= 0.6 is 0 Å². The first kappa shape index (κ1) is 15.9. The summed E-state index contributed by atoms with van der Waals surface area (Å²) in [6.45, 7) is 3.61. The minimum absolute atomic E-state index is 0.396. The van der Waals surface area contributed by atoms with Gasteiger partial charge in [0.15, 0.2) is 5.82 Å². The molecular weight excluding hydrogens is 330 g/mol. The van der Waals surface area contributed by atoms with Gasteiger partial charge in [0.05, 0.1) is 5.56 Å². The molecule has 0 aliphatic rings. The zero-order valence-electron chi connectivity index (χ0n) is 14.2. The maximum Gasteiger partial charge on any atom is 0.344 e. The third kappa shape index (κ3) is 2.69. The van der Waals surface area contributed by atoms with Crippen molar-refractivity contribution in [2.45, 2.75) is 13.8 Å². The summed E-state index contributed by atoms with van der Waals surface area (Å²) in [5.74, 6) is 0.892. The van der Waals surface area contributed by atoms with Crippen molar-refractivity contribution in [1.82, 2.24) is 20.4 Å². The lowest BCUT2D eigenvalue weighted by Gasteiger charge is -2.09. The predicted molar refractivity (Wildman–Crippen MR) is 98.4 cm³/mol. The van der Waals surface area contributed by atoms with Crippen LogP contribution in [0.4, 0.5) is 5.69 Å². The number of hydrogen-bond donors (Lipinski definition) is 1. The monoisotopic (exact) mass is 345 g/mol. The largest absolute Gasteiger partial charge is 0.422 e. The van der Waals surface area contributed by atoms with Crippen LogP contribution in [0.25, 0.3) is 33.5 Å². The minimum atomic E-state index is -0.418. The van der Waals surface area contributed by atoms with Gasteiger partial charge in [0, 0.05) is 22.7 Å². The fourth-order valence-corrected chi connectivity index (χ4v) is 2.91. The normalized spacial score (nSPS) is 11.0. The molecule has 2 aromatic carbocycles. The molecule has 2 N–H and O–H groups in total. The molecule has 4 aromatic rings. The van der Waals surface area contributed by atoms with Crippen LogP contribution in [-0.2, 0) is 0 Å². The number of benzene rings is 2. The Morgan fingerprint density at radius 1 is 0.923 bits per heavy atom. The van der Waals surface area contributed by atoms with Gasteiger partial charge in [-0.1, -0.05) is 18.2 Å². The summed E-state index contributed by atoms with van der Waals surface area (Å²) < 4.78 is 5.48.